The van der Waals surface area contributed by atoms with Crippen LogP contribution in [0.4, 0.5) is 0 Å². The van der Waals surface area contributed by atoms with Crippen LogP contribution in [0.15, 0.2) is 34.4 Å². The summed E-state index contributed by atoms with van der Waals surface area (Å²) in [6.07, 6.45) is 0. The van der Waals surface area contributed by atoms with Crippen molar-refractivity contribution in [2.75, 3.05) is 0 Å². The third-order valence-electron chi connectivity index (χ3n) is 3.00. The number of aromatic nitrogens is 2. The zero-order valence-electron chi connectivity index (χ0n) is 10.5. The number of aromatic amines is 1. The van der Waals surface area contributed by atoms with Crippen LogP contribution in [0.25, 0.3) is 21.6 Å². The number of hydrogen-bond donors (Lipinski definition) is 2. The van der Waals surface area contributed by atoms with Gasteiger partial charge in [-0.2, -0.15) is 0 Å². The van der Waals surface area contributed by atoms with Gasteiger partial charge in [0.25, 0.3) is 5.56 Å². The van der Waals surface area contributed by atoms with Gasteiger partial charge >= 0.3 is 5.97 Å². The first-order valence-corrected chi connectivity index (χ1v) is 6.76. The van der Waals surface area contributed by atoms with Crippen molar-refractivity contribution in [1.29, 1.82) is 0 Å². The number of thiophene rings is 1. The fourth-order valence-corrected chi connectivity index (χ4v) is 2.87. The van der Waals surface area contributed by atoms with Crippen LogP contribution < -0.4 is 5.56 Å². The molecule has 3 aromatic rings. The lowest BCUT2D eigenvalue weighted by molar-refractivity contribution is 0.0699. The zero-order valence-corrected chi connectivity index (χ0v) is 11.3. The Hall–Kier alpha value is -2.47. The molecule has 0 unspecified atom stereocenters. The largest absolute Gasteiger partial charge is 0.478 e. The van der Waals surface area contributed by atoms with Crippen molar-refractivity contribution in [3.05, 3.63) is 51.1 Å². The topological polar surface area (TPSA) is 83.0 Å². The lowest BCUT2D eigenvalue weighted by Gasteiger charge is -2.01. The van der Waals surface area contributed by atoms with Crippen molar-refractivity contribution >= 4 is 27.5 Å². The van der Waals surface area contributed by atoms with Gasteiger partial charge in [0, 0.05) is 10.9 Å². The quantitative estimate of drug-likeness (QED) is 0.758. The Balaban J connectivity index is 2.23. The minimum atomic E-state index is -1.12. The number of rotatable bonds is 2. The van der Waals surface area contributed by atoms with E-state index in [9.17, 15) is 9.59 Å². The Labute approximate surface area is 117 Å². The molecule has 0 spiro atoms. The molecule has 100 valence electrons. The van der Waals surface area contributed by atoms with Gasteiger partial charge in [0.2, 0.25) is 0 Å². The van der Waals surface area contributed by atoms with Gasteiger partial charge < -0.3 is 10.1 Å². The molecule has 3 rings (SSSR count). The van der Waals surface area contributed by atoms with Crippen LogP contribution in [-0.2, 0) is 0 Å². The second kappa shape index (κ2) is 4.57. The number of benzene rings is 1. The molecule has 0 aliphatic heterocycles. The Kier molecular flexibility index (Phi) is 2.87. The van der Waals surface area contributed by atoms with E-state index in [0.717, 1.165) is 22.5 Å². The van der Waals surface area contributed by atoms with E-state index < -0.39 is 11.5 Å². The summed E-state index contributed by atoms with van der Waals surface area (Å²) in [4.78, 5) is 30.5. The summed E-state index contributed by atoms with van der Waals surface area (Å²) in [7, 11) is 0. The van der Waals surface area contributed by atoms with E-state index >= 15 is 0 Å². The summed E-state index contributed by atoms with van der Waals surface area (Å²) in [5.74, 6) is -0.673. The first kappa shape index (κ1) is 12.6. The summed E-state index contributed by atoms with van der Waals surface area (Å²) in [6.45, 7) is 1.97. The average molecular weight is 286 g/mol. The molecule has 20 heavy (non-hydrogen) atoms. The van der Waals surface area contributed by atoms with Crippen molar-refractivity contribution in [2.24, 2.45) is 0 Å². The average Bonchev–Trinajstić information content (AvgIpc) is 2.84. The van der Waals surface area contributed by atoms with Gasteiger partial charge in [-0.1, -0.05) is 29.8 Å². The van der Waals surface area contributed by atoms with E-state index in [4.69, 9.17) is 5.11 Å². The molecule has 0 saturated carbocycles. The number of aryl methyl sites for hydroxylation is 1. The van der Waals surface area contributed by atoms with Crippen LogP contribution in [0.5, 0.6) is 0 Å². The Morgan fingerprint density at radius 3 is 2.65 bits per heavy atom. The molecule has 0 aliphatic rings. The molecule has 0 atom stereocenters. The highest BCUT2D eigenvalue weighted by molar-refractivity contribution is 7.17. The Morgan fingerprint density at radius 1 is 1.30 bits per heavy atom. The molecule has 1 aromatic carbocycles. The second-order valence-electron chi connectivity index (χ2n) is 4.42. The SMILES string of the molecule is Cc1ccc(-c2nc3scc(C(=O)O)c3c(=O)[nH]2)cc1. The Morgan fingerprint density at radius 2 is 2.00 bits per heavy atom. The van der Waals surface area contributed by atoms with Crippen molar-refractivity contribution in [2.45, 2.75) is 6.92 Å². The first-order valence-electron chi connectivity index (χ1n) is 5.88. The monoisotopic (exact) mass is 286 g/mol. The zero-order chi connectivity index (χ0) is 14.3. The van der Waals surface area contributed by atoms with Crippen LogP contribution in [-0.4, -0.2) is 21.0 Å². The Bertz CT molecular complexity index is 862. The molecule has 0 saturated heterocycles. The minimum Gasteiger partial charge on any atom is -0.478 e. The number of carboxylic acid groups (broad SMARTS) is 1. The van der Waals surface area contributed by atoms with Gasteiger partial charge in [-0.3, -0.25) is 4.79 Å². The molecule has 2 N–H and O–H groups in total. The third kappa shape index (κ3) is 2.00. The highest BCUT2D eigenvalue weighted by Crippen LogP contribution is 2.23. The van der Waals surface area contributed by atoms with Crippen molar-refractivity contribution in [3.8, 4) is 11.4 Å². The summed E-state index contributed by atoms with van der Waals surface area (Å²) in [5.41, 5.74) is 1.47. The van der Waals surface area contributed by atoms with Gasteiger partial charge in [0.05, 0.1) is 10.9 Å². The predicted octanol–water partition coefficient (Wildman–Crippen LogP) is 2.66. The molecular weight excluding hydrogens is 276 g/mol. The normalized spacial score (nSPS) is 10.8. The number of nitrogens with one attached hydrogen (secondary N) is 1. The molecule has 0 aliphatic carbocycles. The lowest BCUT2D eigenvalue weighted by atomic mass is 10.1. The van der Waals surface area contributed by atoms with Crippen LogP contribution in [0, 0.1) is 6.92 Å². The van der Waals surface area contributed by atoms with E-state index in [2.05, 4.69) is 9.97 Å². The molecular formula is C14H10N2O3S. The minimum absolute atomic E-state index is 0.00536. The highest BCUT2D eigenvalue weighted by atomic mass is 32.1. The summed E-state index contributed by atoms with van der Waals surface area (Å²) < 4.78 is 0. The molecule has 2 aromatic heterocycles. The molecule has 6 heteroatoms. The van der Waals surface area contributed by atoms with Crippen LogP contribution >= 0.6 is 11.3 Å². The van der Waals surface area contributed by atoms with Gasteiger partial charge in [-0.25, -0.2) is 9.78 Å². The number of nitrogens with zero attached hydrogens (tertiary/aromatic N) is 1. The van der Waals surface area contributed by atoms with E-state index in [-0.39, 0.29) is 10.9 Å². The maximum absolute atomic E-state index is 12.1. The van der Waals surface area contributed by atoms with Crippen LogP contribution in [0.3, 0.4) is 0 Å². The number of carboxylic acids is 1. The van der Waals surface area contributed by atoms with Gasteiger partial charge in [-0.15, -0.1) is 11.3 Å². The van der Waals surface area contributed by atoms with E-state index in [1.807, 2.05) is 31.2 Å². The number of carbonyl (C=O) groups is 1. The molecule has 5 nitrogen and oxygen atoms in total. The summed E-state index contributed by atoms with van der Waals surface area (Å²) in [5, 5.41) is 10.6. The maximum atomic E-state index is 12.1. The number of aromatic carboxylic acids is 1. The smallest absolute Gasteiger partial charge is 0.337 e. The van der Waals surface area contributed by atoms with E-state index in [0.29, 0.717) is 10.7 Å². The van der Waals surface area contributed by atoms with Crippen molar-refractivity contribution in [1.82, 2.24) is 9.97 Å². The van der Waals surface area contributed by atoms with Gasteiger partial charge in [-0.05, 0) is 6.92 Å². The van der Waals surface area contributed by atoms with Gasteiger partial charge in [0.1, 0.15) is 10.7 Å². The van der Waals surface area contributed by atoms with E-state index in [1.165, 1.54) is 5.38 Å². The molecule has 2 heterocycles. The number of fused-ring (bicyclic) bond motifs is 1. The predicted molar refractivity (Wildman–Crippen MR) is 77.4 cm³/mol. The number of hydrogen-bond acceptors (Lipinski definition) is 4. The summed E-state index contributed by atoms with van der Waals surface area (Å²) in [6, 6.07) is 7.59. The highest BCUT2D eigenvalue weighted by Gasteiger charge is 2.16. The maximum Gasteiger partial charge on any atom is 0.337 e. The summed E-state index contributed by atoms with van der Waals surface area (Å²) >= 11 is 1.16. The molecule has 0 fully saturated rings. The third-order valence-corrected chi connectivity index (χ3v) is 3.87. The molecule has 0 amide bonds. The van der Waals surface area contributed by atoms with Crippen LogP contribution in [0.1, 0.15) is 15.9 Å². The van der Waals surface area contributed by atoms with Crippen LogP contribution in [0.2, 0.25) is 0 Å². The van der Waals surface area contributed by atoms with E-state index in [1.54, 1.807) is 0 Å². The standard InChI is InChI=1S/C14H10N2O3S/c1-7-2-4-8(5-3-7)11-15-12(17)10-9(14(18)19)6-20-13(10)16-11/h2-6H,1H3,(H,18,19)(H,15,16,17). The fourth-order valence-electron chi connectivity index (χ4n) is 1.95. The first-order chi connectivity index (χ1) is 9.56. The van der Waals surface area contributed by atoms with Gasteiger partial charge in [0.15, 0.2) is 0 Å². The van der Waals surface area contributed by atoms with Crippen molar-refractivity contribution in [3.63, 3.8) is 0 Å². The molecule has 0 radical (unpaired) electrons. The van der Waals surface area contributed by atoms with Crippen molar-refractivity contribution < 1.29 is 9.90 Å². The molecule has 0 bridgehead atoms. The second-order valence-corrected chi connectivity index (χ2v) is 5.27. The fraction of sp³-hybridized carbons (Fsp3) is 0.0714. The number of H-pyrrole nitrogens is 1. The lowest BCUT2D eigenvalue weighted by Crippen LogP contribution is -2.11.